The van der Waals surface area contributed by atoms with Gasteiger partial charge in [0.05, 0.1) is 35.4 Å². The average molecular weight is 675 g/mol. The van der Waals surface area contributed by atoms with Gasteiger partial charge in [-0.25, -0.2) is 35.2 Å². The second-order valence-electron chi connectivity index (χ2n) is 11.0. The minimum absolute atomic E-state index is 0.169. The van der Waals surface area contributed by atoms with E-state index in [9.17, 15) is 26.4 Å². The predicted molar refractivity (Wildman–Crippen MR) is 175 cm³/mol. The summed E-state index contributed by atoms with van der Waals surface area (Å²) in [5, 5.41) is 0.557. The lowest BCUT2D eigenvalue weighted by Crippen LogP contribution is -2.15. The molecule has 4 aromatic carbocycles. The maximum atomic E-state index is 14.9. The molecule has 1 aromatic heterocycles. The van der Waals surface area contributed by atoms with Gasteiger partial charge in [-0.2, -0.15) is 0 Å². The van der Waals surface area contributed by atoms with E-state index in [-0.39, 0.29) is 32.3 Å². The summed E-state index contributed by atoms with van der Waals surface area (Å²) in [5.74, 6) is -1.15. The molecular formula is C36H26ClF3N2O4S. The molecule has 0 aliphatic heterocycles. The van der Waals surface area contributed by atoms with Crippen LogP contribution in [0.1, 0.15) is 53.6 Å². The third kappa shape index (κ3) is 5.81. The number of hydrogen-bond acceptors (Lipinski definition) is 4. The second kappa shape index (κ2) is 12.7. The van der Waals surface area contributed by atoms with Crippen LogP contribution in [0.3, 0.4) is 0 Å². The Morgan fingerprint density at radius 3 is 2.36 bits per heavy atom. The molecule has 6 nitrogen and oxygen atoms in total. The fourth-order valence-corrected chi connectivity index (χ4v) is 7.89. The molecule has 1 aliphatic rings. The Labute approximate surface area is 274 Å². The zero-order valence-electron chi connectivity index (χ0n) is 24.9. The van der Waals surface area contributed by atoms with Crippen molar-refractivity contribution in [2.75, 3.05) is 7.11 Å². The molecule has 11 heteroatoms. The zero-order valence-corrected chi connectivity index (χ0v) is 26.5. The topological polar surface area (TPSA) is 69.7 Å². The van der Waals surface area contributed by atoms with E-state index in [4.69, 9.17) is 22.9 Å². The largest absolute Gasteiger partial charge is 0.465 e. The van der Waals surface area contributed by atoms with E-state index >= 15 is 0 Å². The van der Waals surface area contributed by atoms with E-state index in [1.165, 1.54) is 25.3 Å². The lowest BCUT2D eigenvalue weighted by molar-refractivity contribution is 0.0600. The summed E-state index contributed by atoms with van der Waals surface area (Å²) in [6.45, 7) is 7.91. The number of halogens is 4. The molecule has 0 bridgehead atoms. The monoisotopic (exact) mass is 674 g/mol. The van der Waals surface area contributed by atoms with Crippen molar-refractivity contribution in [1.29, 1.82) is 0 Å². The highest BCUT2D eigenvalue weighted by Crippen LogP contribution is 2.46. The SMILES string of the molecule is [C-]#[N+]C1=C(c2c(-c3cccc(-c4ccc(C(=O)OC)cc4Cl)c3)n(S(=O)(=O)c3ccc(C(F)F)cc3)c3ccc(F)cc23)CCCC1. The highest BCUT2D eigenvalue weighted by Gasteiger charge is 2.31. The Kier molecular flexibility index (Phi) is 8.70. The van der Waals surface area contributed by atoms with Gasteiger partial charge in [0.25, 0.3) is 16.4 Å². The van der Waals surface area contributed by atoms with Gasteiger partial charge in [0.15, 0.2) is 5.70 Å². The number of aromatic nitrogens is 1. The fourth-order valence-electron chi connectivity index (χ4n) is 6.05. The molecule has 5 aromatic rings. The molecule has 47 heavy (non-hydrogen) atoms. The third-order valence-electron chi connectivity index (χ3n) is 8.27. The molecule has 0 unspecified atom stereocenters. The summed E-state index contributed by atoms with van der Waals surface area (Å²) >= 11 is 6.61. The van der Waals surface area contributed by atoms with E-state index in [0.717, 1.165) is 47.1 Å². The Hall–Kier alpha value is -4.85. The number of methoxy groups -OCH3 is 1. The number of alkyl halides is 2. The lowest BCUT2D eigenvalue weighted by atomic mass is 9.88. The van der Waals surface area contributed by atoms with Gasteiger partial charge < -0.3 is 4.74 Å². The number of esters is 1. The predicted octanol–water partition coefficient (Wildman–Crippen LogP) is 9.93. The Balaban J connectivity index is 1.68. The van der Waals surface area contributed by atoms with Crippen LogP contribution >= 0.6 is 11.6 Å². The normalized spacial score (nSPS) is 13.6. The third-order valence-corrected chi connectivity index (χ3v) is 10.3. The standard InChI is InChI=1S/C36H26ClF3N2O4S/c1-41-31-9-4-3-8-28(31)33-29-20-25(38)13-17-32(29)42(47(44,45)26-14-10-21(11-15-26)35(39)40)34(33)23-7-5-6-22(18-23)27-16-12-24(19-30(27)37)36(43)46-2/h5-7,10-20,35H,3-4,8-9H2,2H3. The summed E-state index contributed by atoms with van der Waals surface area (Å²) < 4.78 is 76.6. The van der Waals surface area contributed by atoms with Gasteiger partial charge in [-0.3, -0.25) is 0 Å². The zero-order chi connectivity index (χ0) is 33.5. The lowest BCUT2D eigenvalue weighted by Gasteiger charge is -2.19. The van der Waals surface area contributed by atoms with Gasteiger partial charge in [-0.15, -0.1) is 0 Å². The highest BCUT2D eigenvalue weighted by atomic mass is 35.5. The van der Waals surface area contributed by atoms with Crippen molar-refractivity contribution in [3.05, 3.63) is 130 Å². The van der Waals surface area contributed by atoms with E-state index in [0.29, 0.717) is 51.8 Å². The number of hydrogen-bond donors (Lipinski definition) is 0. The number of rotatable bonds is 7. The van der Waals surface area contributed by atoms with Crippen LogP contribution in [-0.4, -0.2) is 25.5 Å². The first-order valence-corrected chi connectivity index (χ1v) is 16.4. The van der Waals surface area contributed by atoms with Crippen LogP contribution in [-0.2, 0) is 14.8 Å². The molecule has 0 atom stereocenters. The smallest absolute Gasteiger partial charge is 0.337 e. The number of allylic oxidation sites excluding steroid dienone is 2. The molecular weight excluding hydrogens is 649 g/mol. The van der Waals surface area contributed by atoms with Crippen LogP contribution in [0.2, 0.25) is 5.02 Å². The number of nitrogens with zero attached hydrogens (tertiary/aromatic N) is 2. The van der Waals surface area contributed by atoms with Crippen molar-refractivity contribution in [3.63, 3.8) is 0 Å². The number of carbonyl (C=O) groups is 1. The molecule has 0 amide bonds. The van der Waals surface area contributed by atoms with Crippen molar-refractivity contribution in [3.8, 4) is 22.4 Å². The van der Waals surface area contributed by atoms with Crippen molar-refractivity contribution < 1.29 is 31.1 Å². The Bertz CT molecular complexity index is 2240. The maximum absolute atomic E-state index is 14.9. The van der Waals surface area contributed by atoms with Crippen LogP contribution in [0.5, 0.6) is 0 Å². The van der Waals surface area contributed by atoms with Crippen molar-refractivity contribution in [2.24, 2.45) is 0 Å². The molecule has 0 fully saturated rings. The molecule has 0 spiro atoms. The summed E-state index contributed by atoms with van der Waals surface area (Å²) in [5.41, 5.74) is 3.39. The van der Waals surface area contributed by atoms with Gasteiger partial charge in [0.2, 0.25) is 0 Å². The van der Waals surface area contributed by atoms with Crippen molar-refractivity contribution in [2.45, 2.75) is 37.0 Å². The maximum Gasteiger partial charge on any atom is 0.337 e. The van der Waals surface area contributed by atoms with Crippen molar-refractivity contribution in [1.82, 2.24) is 3.97 Å². The molecule has 0 N–H and O–H groups in total. The Morgan fingerprint density at radius 1 is 0.957 bits per heavy atom. The molecule has 1 aliphatic carbocycles. The van der Waals surface area contributed by atoms with Crippen LogP contribution in [0.15, 0.2) is 95.5 Å². The van der Waals surface area contributed by atoms with E-state index in [1.54, 1.807) is 36.4 Å². The molecule has 0 radical (unpaired) electrons. The van der Waals surface area contributed by atoms with E-state index in [2.05, 4.69) is 4.85 Å². The first-order chi connectivity index (χ1) is 22.5. The first-order valence-electron chi connectivity index (χ1n) is 14.6. The minimum atomic E-state index is -4.47. The van der Waals surface area contributed by atoms with Crippen LogP contribution in [0.4, 0.5) is 13.2 Å². The van der Waals surface area contributed by atoms with Gasteiger partial charge in [-0.05, 0) is 72.5 Å². The Morgan fingerprint density at radius 2 is 1.68 bits per heavy atom. The fraction of sp³-hybridized carbons (Fsp3) is 0.167. The quantitative estimate of drug-likeness (QED) is 0.127. The summed E-state index contributed by atoms with van der Waals surface area (Å²) in [6.07, 6.45) is -0.284. The van der Waals surface area contributed by atoms with Gasteiger partial charge in [0, 0.05) is 32.7 Å². The average Bonchev–Trinajstić information content (AvgIpc) is 3.42. The first kappa shape index (κ1) is 32.1. The minimum Gasteiger partial charge on any atom is -0.465 e. The van der Waals surface area contributed by atoms with Crippen LogP contribution < -0.4 is 0 Å². The summed E-state index contributed by atoms with van der Waals surface area (Å²) in [6, 6.07) is 19.8. The molecule has 1 heterocycles. The van der Waals surface area contributed by atoms with Crippen molar-refractivity contribution >= 4 is 44.1 Å². The second-order valence-corrected chi connectivity index (χ2v) is 13.2. The molecule has 6 rings (SSSR count). The van der Waals surface area contributed by atoms with E-state index < -0.39 is 28.2 Å². The molecule has 0 saturated heterocycles. The molecule has 0 saturated carbocycles. The van der Waals surface area contributed by atoms with Gasteiger partial charge in [0.1, 0.15) is 5.82 Å². The van der Waals surface area contributed by atoms with E-state index in [1.807, 2.05) is 0 Å². The number of carbonyl (C=O) groups excluding carboxylic acids is 1. The van der Waals surface area contributed by atoms with Crippen LogP contribution in [0, 0.1) is 12.4 Å². The highest BCUT2D eigenvalue weighted by molar-refractivity contribution is 7.90. The molecule has 238 valence electrons. The van der Waals surface area contributed by atoms with Crippen LogP contribution in [0.25, 0.3) is 43.7 Å². The van der Waals surface area contributed by atoms with Gasteiger partial charge >= 0.3 is 5.97 Å². The number of fused-ring (bicyclic) bond motifs is 1. The number of benzene rings is 4. The van der Waals surface area contributed by atoms with Gasteiger partial charge in [-0.1, -0.05) is 60.8 Å². The summed E-state index contributed by atoms with van der Waals surface area (Å²) in [7, 11) is -3.21. The summed E-state index contributed by atoms with van der Waals surface area (Å²) in [4.78, 5) is 15.6. The number of ether oxygens (including phenoxy) is 1.